The van der Waals surface area contributed by atoms with Crippen LogP contribution < -0.4 is 5.73 Å². The van der Waals surface area contributed by atoms with Crippen LogP contribution in [0.5, 0.6) is 0 Å². The van der Waals surface area contributed by atoms with E-state index in [1.54, 1.807) is 18.5 Å². The molecule has 0 fully saturated rings. The summed E-state index contributed by atoms with van der Waals surface area (Å²) in [6, 6.07) is 6.27. The van der Waals surface area contributed by atoms with Crippen molar-refractivity contribution < 1.29 is 13.2 Å². The molecule has 2 nitrogen and oxygen atoms in total. The van der Waals surface area contributed by atoms with Gasteiger partial charge in [0.1, 0.15) is 0 Å². The van der Waals surface area contributed by atoms with Gasteiger partial charge in [-0.15, -0.1) is 0 Å². The van der Waals surface area contributed by atoms with Gasteiger partial charge in [0.05, 0.1) is 11.6 Å². The van der Waals surface area contributed by atoms with E-state index in [-0.39, 0.29) is 0 Å². The molecule has 0 aliphatic rings. The van der Waals surface area contributed by atoms with Crippen molar-refractivity contribution in [3.8, 4) is 0 Å². The lowest BCUT2D eigenvalue weighted by Gasteiger charge is -2.12. The molecule has 0 bridgehead atoms. The van der Waals surface area contributed by atoms with E-state index in [4.69, 9.17) is 5.73 Å². The number of hydrogen-bond acceptors (Lipinski definition) is 1. The summed E-state index contributed by atoms with van der Waals surface area (Å²) in [5, 5.41) is 0. The average Bonchev–Trinajstić information content (AvgIpc) is 2.80. The van der Waals surface area contributed by atoms with Gasteiger partial charge in [0.2, 0.25) is 0 Å². The van der Waals surface area contributed by atoms with Gasteiger partial charge >= 0.3 is 6.18 Å². The van der Waals surface area contributed by atoms with Crippen molar-refractivity contribution in [3.05, 3.63) is 59.4 Å². The Kier molecular flexibility index (Phi) is 2.93. The minimum atomic E-state index is -4.31. The van der Waals surface area contributed by atoms with Crippen LogP contribution in [0.25, 0.3) is 0 Å². The molecule has 0 saturated carbocycles. The second-order valence-corrected chi connectivity index (χ2v) is 3.74. The predicted molar refractivity (Wildman–Crippen MR) is 58.3 cm³/mol. The zero-order valence-corrected chi connectivity index (χ0v) is 8.83. The summed E-state index contributed by atoms with van der Waals surface area (Å²) >= 11 is 0. The van der Waals surface area contributed by atoms with Gasteiger partial charge in [0.15, 0.2) is 0 Å². The Morgan fingerprint density at radius 2 is 1.65 bits per heavy atom. The number of aromatic nitrogens is 1. The van der Waals surface area contributed by atoms with E-state index in [0.717, 1.165) is 17.7 Å². The fourth-order valence-corrected chi connectivity index (χ4v) is 1.60. The van der Waals surface area contributed by atoms with Gasteiger partial charge in [0, 0.05) is 12.4 Å². The van der Waals surface area contributed by atoms with Gasteiger partial charge in [-0.05, 0) is 29.3 Å². The van der Waals surface area contributed by atoms with Gasteiger partial charge in [0.25, 0.3) is 0 Å². The molecule has 0 aliphatic carbocycles. The third-order valence-corrected chi connectivity index (χ3v) is 2.58. The first kappa shape index (κ1) is 11.7. The van der Waals surface area contributed by atoms with Gasteiger partial charge in [-0.25, -0.2) is 0 Å². The molecule has 90 valence electrons. The van der Waals surface area contributed by atoms with E-state index in [2.05, 4.69) is 4.98 Å². The highest BCUT2D eigenvalue weighted by Gasteiger charge is 2.30. The quantitative estimate of drug-likeness (QED) is 0.832. The summed E-state index contributed by atoms with van der Waals surface area (Å²) in [7, 11) is 0. The Hall–Kier alpha value is -1.75. The summed E-state index contributed by atoms with van der Waals surface area (Å²) in [6.07, 6.45) is -0.863. The number of aromatic amines is 1. The Bertz CT molecular complexity index is 471. The normalized spacial score (nSPS) is 13.6. The van der Waals surface area contributed by atoms with Crippen molar-refractivity contribution in [2.45, 2.75) is 12.2 Å². The summed E-state index contributed by atoms with van der Waals surface area (Å²) < 4.78 is 37.1. The molecule has 1 unspecified atom stereocenters. The second kappa shape index (κ2) is 4.25. The first-order valence-electron chi connectivity index (χ1n) is 5.04. The van der Waals surface area contributed by atoms with Gasteiger partial charge in [-0.2, -0.15) is 13.2 Å². The molecule has 0 radical (unpaired) electrons. The van der Waals surface area contributed by atoms with E-state index in [1.807, 2.05) is 0 Å². The third-order valence-electron chi connectivity index (χ3n) is 2.58. The smallest absolute Gasteiger partial charge is 0.367 e. The Labute approximate surface area is 96.3 Å². The molecule has 0 saturated heterocycles. The topological polar surface area (TPSA) is 41.8 Å². The first-order valence-corrected chi connectivity index (χ1v) is 5.04. The zero-order chi connectivity index (χ0) is 12.5. The van der Waals surface area contributed by atoms with Crippen LogP contribution in [0.1, 0.15) is 22.7 Å². The first-order chi connectivity index (χ1) is 7.98. The molecule has 5 heteroatoms. The van der Waals surface area contributed by atoms with Crippen molar-refractivity contribution in [2.75, 3.05) is 0 Å². The maximum atomic E-state index is 12.4. The molecule has 1 heterocycles. The van der Waals surface area contributed by atoms with Crippen LogP contribution in [-0.2, 0) is 6.18 Å². The number of rotatable bonds is 2. The fourth-order valence-electron chi connectivity index (χ4n) is 1.60. The van der Waals surface area contributed by atoms with Crippen molar-refractivity contribution in [3.63, 3.8) is 0 Å². The number of H-pyrrole nitrogens is 1. The molecule has 17 heavy (non-hydrogen) atoms. The highest BCUT2D eigenvalue weighted by Crippen LogP contribution is 2.30. The lowest BCUT2D eigenvalue weighted by Crippen LogP contribution is -2.12. The number of hydrogen-bond donors (Lipinski definition) is 2. The lowest BCUT2D eigenvalue weighted by atomic mass is 10.0. The van der Waals surface area contributed by atoms with E-state index in [1.165, 1.54) is 12.1 Å². The molecule has 2 aromatic rings. The van der Waals surface area contributed by atoms with Crippen molar-refractivity contribution >= 4 is 0 Å². The SMILES string of the molecule is NC(c1ccc(C(F)(F)F)cc1)c1cc[nH]c1. The van der Waals surface area contributed by atoms with E-state index < -0.39 is 17.8 Å². The van der Waals surface area contributed by atoms with Crippen molar-refractivity contribution in [1.82, 2.24) is 4.98 Å². The molecular weight excluding hydrogens is 229 g/mol. The Morgan fingerprint density at radius 3 is 2.12 bits per heavy atom. The van der Waals surface area contributed by atoms with Gasteiger partial charge < -0.3 is 10.7 Å². The summed E-state index contributed by atoms with van der Waals surface area (Å²) in [4.78, 5) is 2.86. The van der Waals surface area contributed by atoms with Crippen molar-refractivity contribution in [1.29, 1.82) is 0 Å². The number of nitrogens with one attached hydrogen (secondary N) is 1. The molecule has 0 spiro atoms. The van der Waals surface area contributed by atoms with Gasteiger partial charge in [-0.1, -0.05) is 12.1 Å². The second-order valence-electron chi connectivity index (χ2n) is 3.74. The third kappa shape index (κ3) is 2.50. The summed E-state index contributed by atoms with van der Waals surface area (Å²) in [5.74, 6) is 0. The lowest BCUT2D eigenvalue weighted by molar-refractivity contribution is -0.137. The Morgan fingerprint density at radius 1 is 1.00 bits per heavy atom. The number of nitrogens with two attached hydrogens (primary N) is 1. The van der Waals surface area contributed by atoms with Crippen LogP contribution in [0.3, 0.4) is 0 Å². The maximum Gasteiger partial charge on any atom is 0.416 e. The van der Waals surface area contributed by atoms with Crippen LogP contribution in [0.15, 0.2) is 42.7 Å². The molecular formula is C12H11F3N2. The number of alkyl halides is 3. The van der Waals surface area contributed by atoms with Crippen molar-refractivity contribution in [2.24, 2.45) is 5.73 Å². The standard InChI is InChI=1S/C12H11F3N2/c13-12(14,15)10-3-1-8(2-4-10)11(16)9-5-6-17-7-9/h1-7,11,17H,16H2. The fraction of sp³-hybridized carbons (Fsp3) is 0.167. The zero-order valence-electron chi connectivity index (χ0n) is 8.83. The molecule has 1 aromatic heterocycles. The average molecular weight is 240 g/mol. The van der Waals surface area contributed by atoms with Crippen LogP contribution in [0, 0.1) is 0 Å². The molecule has 0 amide bonds. The van der Waals surface area contributed by atoms with Crippen LogP contribution >= 0.6 is 0 Å². The highest BCUT2D eigenvalue weighted by molar-refractivity contribution is 5.32. The highest BCUT2D eigenvalue weighted by atomic mass is 19.4. The monoisotopic (exact) mass is 240 g/mol. The predicted octanol–water partition coefficient (Wildman–Crippen LogP) is 3.08. The van der Waals surface area contributed by atoms with Crippen LogP contribution in [0.4, 0.5) is 13.2 Å². The maximum absolute atomic E-state index is 12.4. The summed E-state index contributed by atoms with van der Waals surface area (Å²) in [5.41, 5.74) is 6.74. The molecule has 1 aromatic carbocycles. The largest absolute Gasteiger partial charge is 0.416 e. The molecule has 3 N–H and O–H groups in total. The van der Waals surface area contributed by atoms with Crippen LogP contribution in [-0.4, -0.2) is 4.98 Å². The molecule has 0 aliphatic heterocycles. The van der Waals surface area contributed by atoms with E-state index in [9.17, 15) is 13.2 Å². The summed E-state index contributed by atoms with van der Waals surface area (Å²) in [6.45, 7) is 0. The van der Waals surface area contributed by atoms with Gasteiger partial charge in [-0.3, -0.25) is 0 Å². The molecule has 2 rings (SSSR count). The van der Waals surface area contributed by atoms with Crippen LogP contribution in [0.2, 0.25) is 0 Å². The minimum absolute atomic E-state index is 0.413. The number of benzene rings is 1. The van der Waals surface area contributed by atoms with E-state index in [0.29, 0.717) is 5.56 Å². The molecule has 1 atom stereocenters. The number of halogens is 3. The van der Waals surface area contributed by atoms with E-state index >= 15 is 0 Å². The minimum Gasteiger partial charge on any atom is -0.367 e. The Balaban J connectivity index is 2.24.